The fourth-order valence-electron chi connectivity index (χ4n) is 3.90. The van der Waals surface area contributed by atoms with Crippen LogP contribution in [0.2, 0.25) is 0 Å². The zero-order valence-electron chi connectivity index (χ0n) is 16.1. The van der Waals surface area contributed by atoms with E-state index in [1.165, 1.54) is 4.90 Å². The number of halogens is 3. The molecule has 2 aliphatic rings. The van der Waals surface area contributed by atoms with Gasteiger partial charge < -0.3 is 4.74 Å². The van der Waals surface area contributed by atoms with E-state index in [4.69, 9.17) is 4.74 Å². The minimum absolute atomic E-state index is 0.00356. The third-order valence-corrected chi connectivity index (χ3v) is 7.34. The van der Waals surface area contributed by atoms with Crippen LogP contribution in [-0.2, 0) is 21.4 Å². The second-order valence-electron chi connectivity index (χ2n) is 7.39. The number of hydrogen-bond acceptors (Lipinski definition) is 4. The third kappa shape index (κ3) is 3.54. The van der Waals surface area contributed by atoms with Gasteiger partial charge >= 0.3 is 6.09 Å². The van der Waals surface area contributed by atoms with Gasteiger partial charge in [0.25, 0.3) is 0 Å². The maximum Gasteiger partial charge on any atom is 0.414 e. The molecule has 4 rings (SSSR count). The Morgan fingerprint density at radius 2 is 1.67 bits per heavy atom. The highest BCUT2D eigenvalue weighted by Crippen LogP contribution is 2.34. The Labute approximate surface area is 171 Å². The Balaban J connectivity index is 1.55. The molecule has 1 fully saturated rings. The molecule has 2 aliphatic heterocycles. The summed E-state index contributed by atoms with van der Waals surface area (Å²) in [6.45, 7) is 2.10. The molecule has 0 aliphatic carbocycles. The van der Waals surface area contributed by atoms with Crippen molar-refractivity contribution < 1.29 is 31.1 Å². The van der Waals surface area contributed by atoms with Crippen molar-refractivity contribution in [3.05, 3.63) is 58.9 Å². The van der Waals surface area contributed by atoms with Crippen molar-refractivity contribution in [1.29, 1.82) is 0 Å². The monoisotopic (exact) mass is 440 g/mol. The van der Waals surface area contributed by atoms with E-state index >= 15 is 0 Å². The number of ether oxygens (including phenoxy) is 1. The maximum atomic E-state index is 14.0. The van der Waals surface area contributed by atoms with Crippen LogP contribution in [0.25, 0.3) is 0 Å². The summed E-state index contributed by atoms with van der Waals surface area (Å²) in [4.78, 5) is 13.0. The predicted octanol–water partition coefficient (Wildman–Crippen LogP) is 3.72. The Hall–Kier alpha value is -2.59. The zero-order chi connectivity index (χ0) is 21.6. The van der Waals surface area contributed by atoms with Gasteiger partial charge in [0.1, 0.15) is 17.3 Å². The molecule has 1 amide bonds. The molecule has 160 valence electrons. The summed E-state index contributed by atoms with van der Waals surface area (Å²) < 4.78 is 72.4. The van der Waals surface area contributed by atoms with Crippen LogP contribution < -0.4 is 4.90 Å². The highest BCUT2D eigenvalue weighted by atomic mass is 32.2. The Bertz CT molecular complexity index is 1120. The van der Waals surface area contributed by atoms with Gasteiger partial charge in [-0.25, -0.2) is 26.4 Å². The quantitative estimate of drug-likeness (QED) is 0.683. The van der Waals surface area contributed by atoms with Gasteiger partial charge in [-0.1, -0.05) is 17.7 Å². The van der Waals surface area contributed by atoms with Crippen LogP contribution >= 0.6 is 0 Å². The number of nitrogens with zero attached hydrogens (tertiary/aromatic N) is 2. The van der Waals surface area contributed by atoms with Crippen LogP contribution in [0.4, 0.5) is 23.7 Å². The second-order valence-corrected chi connectivity index (χ2v) is 9.30. The summed E-state index contributed by atoms with van der Waals surface area (Å²) >= 11 is 0. The first kappa shape index (κ1) is 20.7. The molecular formula is C20H19F3N2O4S. The predicted molar refractivity (Wildman–Crippen MR) is 102 cm³/mol. The van der Waals surface area contributed by atoms with E-state index in [9.17, 15) is 26.4 Å². The summed E-state index contributed by atoms with van der Waals surface area (Å²) in [6.07, 6.45) is 0.0687. The number of hydrogen-bond donors (Lipinski definition) is 0. The molecule has 0 spiro atoms. The van der Waals surface area contributed by atoms with E-state index in [2.05, 4.69) is 0 Å². The van der Waals surface area contributed by atoms with Crippen molar-refractivity contribution in [1.82, 2.24) is 4.31 Å². The number of rotatable bonds is 3. The summed E-state index contributed by atoms with van der Waals surface area (Å²) in [7, 11) is -4.35. The Kier molecular flexibility index (Phi) is 5.23. The average molecular weight is 440 g/mol. The fourth-order valence-corrected chi connectivity index (χ4v) is 5.43. The number of piperidine rings is 1. The molecule has 0 atom stereocenters. The van der Waals surface area contributed by atoms with Crippen LogP contribution in [0.1, 0.15) is 24.0 Å². The number of carbonyl (C=O) groups excluding carboxylic acids is 1. The van der Waals surface area contributed by atoms with Crippen LogP contribution in [0.3, 0.4) is 0 Å². The van der Waals surface area contributed by atoms with Gasteiger partial charge in [0.15, 0.2) is 11.6 Å². The number of benzene rings is 2. The summed E-state index contributed by atoms with van der Waals surface area (Å²) in [6, 6.07) is 5.92. The smallest absolute Gasteiger partial charge is 0.414 e. The average Bonchev–Trinajstić information content (AvgIpc) is 2.71. The molecule has 0 N–H and O–H groups in total. The molecule has 0 bridgehead atoms. The lowest BCUT2D eigenvalue weighted by molar-refractivity contribution is 0.135. The van der Waals surface area contributed by atoms with Gasteiger partial charge in [-0.3, -0.25) is 4.90 Å². The molecule has 0 radical (unpaired) electrons. The van der Waals surface area contributed by atoms with Gasteiger partial charge in [0, 0.05) is 30.8 Å². The topological polar surface area (TPSA) is 66.9 Å². The van der Waals surface area contributed by atoms with Crippen molar-refractivity contribution in [2.45, 2.75) is 37.3 Å². The lowest BCUT2D eigenvalue weighted by Crippen LogP contribution is -2.50. The van der Waals surface area contributed by atoms with E-state index in [1.54, 1.807) is 0 Å². The van der Waals surface area contributed by atoms with Gasteiger partial charge in [-0.2, -0.15) is 4.31 Å². The first-order valence-corrected chi connectivity index (χ1v) is 10.8. The first-order valence-electron chi connectivity index (χ1n) is 9.38. The van der Waals surface area contributed by atoms with Gasteiger partial charge in [-0.05, 0) is 31.9 Å². The van der Waals surface area contributed by atoms with Gasteiger partial charge in [0.2, 0.25) is 10.0 Å². The molecular weight excluding hydrogens is 421 g/mol. The first-order chi connectivity index (χ1) is 14.2. The Morgan fingerprint density at radius 3 is 2.37 bits per heavy atom. The molecule has 30 heavy (non-hydrogen) atoms. The van der Waals surface area contributed by atoms with Gasteiger partial charge in [-0.15, -0.1) is 0 Å². The minimum atomic E-state index is -4.35. The van der Waals surface area contributed by atoms with Crippen molar-refractivity contribution >= 4 is 21.8 Å². The highest BCUT2D eigenvalue weighted by molar-refractivity contribution is 7.89. The lowest BCUT2D eigenvalue weighted by atomic mass is 10.0. The molecule has 2 heterocycles. The molecule has 0 unspecified atom stereocenters. The standard InChI is InChI=1S/C20H19F3N2O4S/c1-12-2-3-18-13(8-12)11-29-20(26)25(18)14-4-6-24(7-5-14)30(27,28)19-10-16(22)15(21)9-17(19)23/h2-3,8-10,14H,4-7,11H2,1H3. The van der Waals surface area contributed by atoms with Crippen molar-refractivity contribution in [3.63, 3.8) is 0 Å². The van der Waals surface area contributed by atoms with E-state index in [1.807, 2.05) is 25.1 Å². The largest absolute Gasteiger partial charge is 0.444 e. The molecule has 2 aromatic carbocycles. The number of anilines is 1. The van der Waals surface area contributed by atoms with Crippen molar-refractivity contribution in [2.24, 2.45) is 0 Å². The minimum Gasteiger partial charge on any atom is -0.444 e. The third-order valence-electron chi connectivity index (χ3n) is 5.42. The molecule has 1 saturated heterocycles. The number of cyclic esters (lactones) is 1. The van der Waals surface area contributed by atoms with Crippen LogP contribution in [0.5, 0.6) is 0 Å². The number of amides is 1. The molecule has 0 saturated carbocycles. The molecule has 0 aromatic heterocycles. The fraction of sp³-hybridized carbons (Fsp3) is 0.350. The van der Waals surface area contributed by atoms with Gasteiger partial charge in [0.05, 0.1) is 5.69 Å². The van der Waals surface area contributed by atoms with Crippen LogP contribution in [0.15, 0.2) is 35.2 Å². The number of fused-ring (bicyclic) bond motifs is 1. The molecule has 10 heteroatoms. The molecule has 2 aromatic rings. The normalized spacial score (nSPS) is 18.3. The summed E-state index contributed by atoms with van der Waals surface area (Å²) in [5, 5.41) is 0. The van der Waals surface area contributed by atoms with Crippen LogP contribution in [0, 0.1) is 24.4 Å². The zero-order valence-corrected chi connectivity index (χ0v) is 16.9. The number of sulfonamides is 1. The number of aryl methyl sites for hydroxylation is 1. The lowest BCUT2D eigenvalue weighted by Gasteiger charge is -2.39. The van der Waals surface area contributed by atoms with Crippen molar-refractivity contribution in [2.75, 3.05) is 18.0 Å². The van der Waals surface area contributed by atoms with E-state index in [0.29, 0.717) is 6.07 Å². The summed E-state index contributed by atoms with van der Waals surface area (Å²) in [5.41, 5.74) is 2.62. The number of carbonyl (C=O) groups is 1. The van der Waals surface area contributed by atoms with E-state index in [0.717, 1.165) is 21.1 Å². The van der Waals surface area contributed by atoms with E-state index in [-0.39, 0.29) is 44.6 Å². The van der Waals surface area contributed by atoms with Crippen molar-refractivity contribution in [3.8, 4) is 0 Å². The van der Waals surface area contributed by atoms with E-state index < -0.39 is 38.5 Å². The Morgan fingerprint density at radius 1 is 1.00 bits per heavy atom. The highest BCUT2D eigenvalue weighted by Gasteiger charge is 2.38. The summed E-state index contributed by atoms with van der Waals surface area (Å²) in [5.74, 6) is -4.24. The maximum absolute atomic E-state index is 14.0. The molecule has 6 nitrogen and oxygen atoms in total. The van der Waals surface area contributed by atoms with Crippen LogP contribution in [-0.4, -0.2) is 37.9 Å². The SMILES string of the molecule is Cc1ccc2c(c1)COC(=O)N2C1CCN(S(=O)(=O)c2cc(F)c(F)cc2F)CC1. The second kappa shape index (κ2) is 7.59.